The van der Waals surface area contributed by atoms with Gasteiger partial charge in [0, 0.05) is 33.2 Å². The molecule has 13 heteroatoms. The Balaban J connectivity index is 1.31. The molecule has 6 rings (SSSR count). The molecule has 52 heavy (non-hydrogen) atoms. The van der Waals surface area contributed by atoms with E-state index >= 15 is 0 Å². The van der Waals surface area contributed by atoms with Crippen LogP contribution in [0, 0.1) is 11.8 Å². The fourth-order valence-electron chi connectivity index (χ4n) is 8.19. The average molecular weight is 713 g/mol. The molecule has 3 saturated heterocycles. The standard InChI is InChI=1S/C39H48N6O7/c1-5-7-19-31(47)42(4)26(3)34(27-15-9-8-10-16-27)51-38(50)32-30-20-21-39(52-30)33(32)36(48)44(23-13-14-24-46)35(39)37(49)43(22-6-2)25-45-29-18-12-11-17-28(29)40-41-45/h5-6,8-12,15-18,26,30,32-35,46H,1-2,7,13-14,19-25H2,3-4H3/t26-,30-,32+,33+,34+,35-,39+/m1/s1. The van der Waals surface area contributed by atoms with E-state index in [9.17, 15) is 24.3 Å². The molecule has 3 aliphatic heterocycles. The Kier molecular flexibility index (Phi) is 11.2. The lowest BCUT2D eigenvalue weighted by Gasteiger charge is -2.37. The van der Waals surface area contributed by atoms with Gasteiger partial charge in [-0.25, -0.2) is 4.68 Å². The fraction of sp³-hybridized carbons (Fsp3) is 0.487. The van der Waals surface area contributed by atoms with E-state index < -0.39 is 47.7 Å². The first-order chi connectivity index (χ1) is 25.2. The summed E-state index contributed by atoms with van der Waals surface area (Å²) < 4.78 is 14.6. The summed E-state index contributed by atoms with van der Waals surface area (Å²) in [5.41, 5.74) is 0.890. The number of ether oxygens (including phenoxy) is 2. The van der Waals surface area contributed by atoms with E-state index in [1.807, 2.05) is 61.5 Å². The van der Waals surface area contributed by atoms with Crippen LogP contribution in [0.25, 0.3) is 11.0 Å². The van der Waals surface area contributed by atoms with E-state index in [0.717, 1.165) is 5.52 Å². The van der Waals surface area contributed by atoms with Crippen LogP contribution < -0.4 is 0 Å². The Bertz CT molecular complexity index is 1800. The van der Waals surface area contributed by atoms with E-state index in [0.29, 0.717) is 43.2 Å². The van der Waals surface area contributed by atoms with Gasteiger partial charge in [-0.05, 0) is 56.7 Å². The van der Waals surface area contributed by atoms with Gasteiger partial charge in [-0.3, -0.25) is 19.2 Å². The molecular formula is C39H48N6O7. The Hall–Kier alpha value is -4.88. The van der Waals surface area contributed by atoms with E-state index in [-0.39, 0.29) is 50.5 Å². The van der Waals surface area contributed by atoms with Gasteiger partial charge in [0.2, 0.25) is 17.7 Å². The predicted octanol–water partition coefficient (Wildman–Crippen LogP) is 3.65. The van der Waals surface area contributed by atoms with Crippen molar-refractivity contribution in [1.82, 2.24) is 29.7 Å². The van der Waals surface area contributed by atoms with Crippen molar-refractivity contribution in [3.63, 3.8) is 0 Å². The van der Waals surface area contributed by atoms with E-state index in [1.54, 1.807) is 38.6 Å². The molecule has 276 valence electrons. The molecule has 4 heterocycles. The lowest BCUT2D eigenvalue weighted by atomic mass is 9.70. The van der Waals surface area contributed by atoms with Gasteiger partial charge in [0.15, 0.2) is 0 Å². The molecule has 2 aromatic carbocycles. The van der Waals surface area contributed by atoms with E-state index in [1.165, 1.54) is 0 Å². The predicted molar refractivity (Wildman–Crippen MR) is 192 cm³/mol. The number of carbonyl (C=O) groups is 4. The molecule has 2 bridgehead atoms. The van der Waals surface area contributed by atoms with Crippen LogP contribution in [0.1, 0.15) is 57.1 Å². The minimum Gasteiger partial charge on any atom is -0.455 e. The first kappa shape index (κ1) is 36.9. The van der Waals surface area contributed by atoms with Crippen molar-refractivity contribution in [3.8, 4) is 0 Å². The molecule has 1 aromatic heterocycles. The largest absolute Gasteiger partial charge is 0.455 e. The number of unbranched alkanes of at least 4 members (excludes halogenated alkanes) is 1. The van der Waals surface area contributed by atoms with Crippen molar-refractivity contribution < 1.29 is 33.8 Å². The average Bonchev–Trinajstić information content (AvgIpc) is 3.91. The zero-order valence-corrected chi connectivity index (χ0v) is 29.9. The van der Waals surface area contributed by atoms with Crippen LogP contribution >= 0.6 is 0 Å². The third kappa shape index (κ3) is 6.74. The number of aliphatic hydroxyl groups is 1. The summed E-state index contributed by atoms with van der Waals surface area (Å²) in [6.45, 7) is 9.81. The molecule has 3 aromatic rings. The number of aliphatic hydroxyl groups excluding tert-OH is 1. The Morgan fingerprint density at radius 1 is 1.12 bits per heavy atom. The lowest BCUT2D eigenvalue weighted by molar-refractivity contribution is -0.164. The highest BCUT2D eigenvalue weighted by Gasteiger charge is 2.75. The summed E-state index contributed by atoms with van der Waals surface area (Å²) in [7, 11) is 1.69. The molecule has 0 aliphatic carbocycles. The third-order valence-electron chi connectivity index (χ3n) is 10.9. The Labute approximate surface area is 303 Å². The zero-order chi connectivity index (χ0) is 37.0. The number of rotatable bonds is 17. The second kappa shape index (κ2) is 15.8. The molecule has 0 radical (unpaired) electrons. The van der Waals surface area contributed by atoms with Crippen LogP contribution in [0.3, 0.4) is 0 Å². The second-order valence-electron chi connectivity index (χ2n) is 13.9. The Morgan fingerprint density at radius 2 is 1.87 bits per heavy atom. The van der Waals surface area contributed by atoms with Gasteiger partial charge < -0.3 is 29.3 Å². The normalized spacial score (nSPS) is 24.4. The molecule has 3 aliphatic rings. The van der Waals surface area contributed by atoms with Crippen molar-refractivity contribution in [1.29, 1.82) is 0 Å². The molecule has 3 fully saturated rings. The minimum atomic E-state index is -1.25. The SMILES string of the molecule is C=CCCC(=O)N(C)[C@H](C)[C@H](OC(=O)[C@@H]1[C@H]2C(=O)N(CCCCO)[C@H](C(=O)N(CC=C)Cn3nnc4ccccc43)[C@]23CC[C@H]1O3)c1ccccc1. The van der Waals surface area contributed by atoms with Gasteiger partial charge in [0.1, 0.15) is 29.9 Å². The molecule has 1 N–H and O–H groups in total. The number of allylic oxidation sites excluding steroid dienone is 1. The molecule has 0 saturated carbocycles. The number of hydrogen-bond donors (Lipinski definition) is 1. The number of amides is 3. The quantitative estimate of drug-likeness (QED) is 0.126. The number of likely N-dealkylation sites (tertiary alicyclic amines) is 1. The number of aromatic nitrogens is 3. The van der Waals surface area contributed by atoms with Gasteiger partial charge in [-0.2, -0.15) is 0 Å². The summed E-state index contributed by atoms with van der Waals surface area (Å²) in [5, 5.41) is 18.1. The third-order valence-corrected chi connectivity index (χ3v) is 10.9. The van der Waals surface area contributed by atoms with Gasteiger partial charge in [-0.15, -0.1) is 18.3 Å². The van der Waals surface area contributed by atoms with Crippen LogP contribution in [-0.2, 0) is 35.3 Å². The van der Waals surface area contributed by atoms with Crippen molar-refractivity contribution in [3.05, 3.63) is 85.5 Å². The highest BCUT2D eigenvalue weighted by atomic mass is 16.6. The van der Waals surface area contributed by atoms with Gasteiger partial charge in [-0.1, -0.05) is 59.8 Å². The number of esters is 1. The van der Waals surface area contributed by atoms with Crippen molar-refractivity contribution in [2.24, 2.45) is 11.8 Å². The van der Waals surface area contributed by atoms with Crippen LogP contribution in [0.4, 0.5) is 0 Å². The fourth-order valence-corrected chi connectivity index (χ4v) is 8.19. The first-order valence-electron chi connectivity index (χ1n) is 18.1. The monoisotopic (exact) mass is 712 g/mol. The maximum absolute atomic E-state index is 14.8. The summed E-state index contributed by atoms with van der Waals surface area (Å²) >= 11 is 0. The van der Waals surface area contributed by atoms with Gasteiger partial charge >= 0.3 is 5.97 Å². The molecule has 1 spiro atoms. The summed E-state index contributed by atoms with van der Waals surface area (Å²) in [5.74, 6) is -3.29. The molecule has 7 atom stereocenters. The lowest BCUT2D eigenvalue weighted by Crippen LogP contribution is -2.56. The highest BCUT2D eigenvalue weighted by Crippen LogP contribution is 2.59. The first-order valence-corrected chi connectivity index (χ1v) is 18.1. The highest BCUT2D eigenvalue weighted by molar-refractivity contribution is 5.98. The molecular weight excluding hydrogens is 664 g/mol. The van der Waals surface area contributed by atoms with Crippen molar-refractivity contribution in [2.75, 3.05) is 26.7 Å². The maximum Gasteiger partial charge on any atom is 0.313 e. The van der Waals surface area contributed by atoms with Crippen LogP contribution in [0.15, 0.2) is 79.9 Å². The molecule has 0 unspecified atom stereocenters. The number of benzene rings is 2. The number of hydrogen-bond acceptors (Lipinski definition) is 9. The van der Waals surface area contributed by atoms with Gasteiger partial charge in [0.25, 0.3) is 0 Å². The topological polar surface area (TPSA) is 147 Å². The number of nitrogens with zero attached hydrogens (tertiary/aromatic N) is 6. The smallest absolute Gasteiger partial charge is 0.313 e. The number of para-hydroxylation sites is 1. The second-order valence-corrected chi connectivity index (χ2v) is 13.9. The molecule has 13 nitrogen and oxygen atoms in total. The van der Waals surface area contributed by atoms with Crippen molar-refractivity contribution in [2.45, 2.75) is 82.0 Å². The van der Waals surface area contributed by atoms with E-state index in [4.69, 9.17) is 9.47 Å². The van der Waals surface area contributed by atoms with Crippen LogP contribution in [-0.4, -0.2) is 109 Å². The van der Waals surface area contributed by atoms with Gasteiger partial charge in [0.05, 0.1) is 29.5 Å². The van der Waals surface area contributed by atoms with E-state index in [2.05, 4.69) is 23.5 Å². The summed E-state index contributed by atoms with van der Waals surface area (Å²) in [6.07, 6.45) is 4.44. The summed E-state index contributed by atoms with van der Waals surface area (Å²) in [4.78, 5) is 61.5. The minimum absolute atomic E-state index is 0.0612. The van der Waals surface area contributed by atoms with Crippen molar-refractivity contribution >= 4 is 34.7 Å². The number of fused-ring (bicyclic) bond motifs is 2. The number of likely N-dealkylation sites (N-methyl/N-ethyl adjacent to an activating group) is 1. The van der Waals surface area contributed by atoms with Crippen LogP contribution in [0.2, 0.25) is 0 Å². The number of carbonyl (C=O) groups excluding carboxylic acids is 4. The maximum atomic E-state index is 14.8. The summed E-state index contributed by atoms with van der Waals surface area (Å²) in [6, 6.07) is 15.1. The Morgan fingerprint density at radius 3 is 2.60 bits per heavy atom. The van der Waals surface area contributed by atoms with Crippen LogP contribution in [0.5, 0.6) is 0 Å². The molecule has 3 amide bonds. The zero-order valence-electron chi connectivity index (χ0n) is 29.9.